The number of anilines is 1. The Kier molecular flexibility index (Phi) is 2.13. The van der Waals surface area contributed by atoms with Crippen LogP contribution in [0.3, 0.4) is 0 Å². The Hall–Kier alpha value is -1.84. The minimum atomic E-state index is 0.633. The highest BCUT2D eigenvalue weighted by molar-refractivity contribution is 5.62. The van der Waals surface area contributed by atoms with Crippen molar-refractivity contribution in [3.05, 3.63) is 30.6 Å². The van der Waals surface area contributed by atoms with E-state index >= 15 is 0 Å². The van der Waals surface area contributed by atoms with Gasteiger partial charge in [-0.05, 0) is 18.1 Å². The van der Waals surface area contributed by atoms with Crippen LogP contribution in [0.5, 0.6) is 0 Å². The van der Waals surface area contributed by atoms with Crippen LogP contribution < -0.4 is 5.32 Å². The summed E-state index contributed by atoms with van der Waals surface area (Å²) in [4.78, 5) is 4.11. The van der Waals surface area contributed by atoms with Crippen LogP contribution >= 0.6 is 0 Å². The minimum absolute atomic E-state index is 0.633. The molecule has 0 aliphatic carbocycles. The summed E-state index contributed by atoms with van der Waals surface area (Å²) >= 11 is 0. The number of aromatic nitrogens is 3. The van der Waals surface area contributed by atoms with Gasteiger partial charge in [-0.1, -0.05) is 6.92 Å². The molecule has 4 heteroatoms. The number of nitrogens with zero attached hydrogens (tertiary/aromatic N) is 3. The molecular weight excluding hydrogens is 200 g/mol. The van der Waals surface area contributed by atoms with E-state index in [0.29, 0.717) is 5.92 Å². The molecule has 0 saturated heterocycles. The molecule has 0 aromatic carbocycles. The van der Waals surface area contributed by atoms with E-state index in [4.69, 9.17) is 0 Å². The average Bonchev–Trinajstić information content (AvgIpc) is 2.73. The molecule has 1 atom stereocenters. The van der Waals surface area contributed by atoms with Crippen molar-refractivity contribution in [2.75, 3.05) is 11.9 Å². The molecule has 3 rings (SSSR count). The molecule has 2 aromatic heterocycles. The maximum Gasteiger partial charge on any atom is 0.124 e. The molecule has 3 heterocycles. The number of hydrogen-bond donors (Lipinski definition) is 1. The molecule has 16 heavy (non-hydrogen) atoms. The summed E-state index contributed by atoms with van der Waals surface area (Å²) in [5, 5.41) is 7.97. The first-order valence-corrected chi connectivity index (χ1v) is 5.55. The summed E-state index contributed by atoms with van der Waals surface area (Å²) in [6.07, 6.45) is 3.62. The molecule has 0 bridgehead atoms. The van der Waals surface area contributed by atoms with Gasteiger partial charge in [0.05, 0.1) is 5.69 Å². The third-order valence-corrected chi connectivity index (χ3v) is 2.85. The van der Waals surface area contributed by atoms with E-state index in [-0.39, 0.29) is 0 Å². The Balaban J connectivity index is 1.99. The van der Waals surface area contributed by atoms with E-state index in [2.05, 4.69) is 28.4 Å². The molecule has 1 aliphatic rings. The number of pyridine rings is 1. The van der Waals surface area contributed by atoms with Crippen LogP contribution in [0.1, 0.15) is 6.92 Å². The summed E-state index contributed by atoms with van der Waals surface area (Å²) in [6, 6.07) is 6.05. The lowest BCUT2D eigenvalue weighted by atomic mass is 10.1. The molecule has 2 aromatic rings. The van der Waals surface area contributed by atoms with Crippen LogP contribution in [0.4, 0.5) is 5.82 Å². The summed E-state index contributed by atoms with van der Waals surface area (Å²) in [5.41, 5.74) is 2.06. The molecule has 0 spiro atoms. The van der Waals surface area contributed by atoms with Crippen molar-refractivity contribution < 1.29 is 0 Å². The van der Waals surface area contributed by atoms with Crippen LogP contribution in [0.15, 0.2) is 30.6 Å². The number of nitrogens with one attached hydrogen (secondary N) is 1. The Bertz CT molecular complexity index is 489. The Labute approximate surface area is 94.3 Å². The highest BCUT2D eigenvalue weighted by atomic mass is 15.3. The summed E-state index contributed by atoms with van der Waals surface area (Å²) < 4.78 is 2.04. The van der Waals surface area contributed by atoms with Crippen LogP contribution in [0, 0.1) is 5.92 Å². The standard InChI is InChI=1S/C12H14N4/c1-9-6-14-12-5-11(15-16(12)8-9)10-3-2-4-13-7-10/h2-5,7,9,14H,6,8H2,1H3. The van der Waals surface area contributed by atoms with E-state index in [1.54, 1.807) is 6.20 Å². The molecule has 0 saturated carbocycles. The third-order valence-electron chi connectivity index (χ3n) is 2.85. The zero-order valence-corrected chi connectivity index (χ0v) is 9.22. The fourth-order valence-electron chi connectivity index (χ4n) is 1.99. The van der Waals surface area contributed by atoms with Gasteiger partial charge in [-0.3, -0.25) is 4.98 Å². The zero-order chi connectivity index (χ0) is 11.0. The number of rotatable bonds is 1. The Morgan fingerprint density at radius 3 is 3.25 bits per heavy atom. The van der Waals surface area contributed by atoms with Gasteiger partial charge in [0.2, 0.25) is 0 Å². The van der Waals surface area contributed by atoms with Crippen molar-refractivity contribution in [2.24, 2.45) is 5.92 Å². The van der Waals surface area contributed by atoms with E-state index in [0.717, 1.165) is 30.2 Å². The van der Waals surface area contributed by atoms with Crippen molar-refractivity contribution >= 4 is 5.82 Å². The first-order valence-electron chi connectivity index (χ1n) is 5.55. The lowest BCUT2D eigenvalue weighted by Gasteiger charge is -2.21. The lowest BCUT2D eigenvalue weighted by molar-refractivity contribution is 0.446. The van der Waals surface area contributed by atoms with Crippen LogP contribution in [0.2, 0.25) is 0 Å². The fraction of sp³-hybridized carbons (Fsp3) is 0.333. The van der Waals surface area contributed by atoms with Gasteiger partial charge >= 0.3 is 0 Å². The van der Waals surface area contributed by atoms with E-state index in [1.165, 1.54) is 0 Å². The van der Waals surface area contributed by atoms with Gasteiger partial charge in [0.1, 0.15) is 5.82 Å². The van der Waals surface area contributed by atoms with Gasteiger partial charge in [-0.2, -0.15) is 5.10 Å². The van der Waals surface area contributed by atoms with Gasteiger partial charge in [0.15, 0.2) is 0 Å². The smallest absolute Gasteiger partial charge is 0.124 e. The van der Waals surface area contributed by atoms with Crippen molar-refractivity contribution in [1.29, 1.82) is 0 Å². The topological polar surface area (TPSA) is 42.7 Å². The largest absolute Gasteiger partial charge is 0.370 e. The number of hydrogen-bond acceptors (Lipinski definition) is 3. The van der Waals surface area contributed by atoms with Gasteiger partial charge in [-0.15, -0.1) is 0 Å². The Morgan fingerprint density at radius 2 is 2.44 bits per heavy atom. The second kappa shape index (κ2) is 3.63. The maximum absolute atomic E-state index is 4.59. The molecule has 82 valence electrons. The number of fused-ring (bicyclic) bond motifs is 1. The van der Waals surface area contributed by atoms with E-state index < -0.39 is 0 Å². The molecule has 0 amide bonds. The second-order valence-electron chi connectivity index (χ2n) is 4.32. The molecule has 1 N–H and O–H groups in total. The predicted molar refractivity (Wildman–Crippen MR) is 63.1 cm³/mol. The lowest BCUT2D eigenvalue weighted by Crippen LogP contribution is -2.25. The molecular formula is C12H14N4. The first kappa shape index (κ1) is 9.39. The van der Waals surface area contributed by atoms with Crippen molar-refractivity contribution in [2.45, 2.75) is 13.5 Å². The first-order chi connectivity index (χ1) is 7.83. The summed E-state index contributed by atoms with van der Waals surface area (Å²) in [5.74, 6) is 1.74. The van der Waals surface area contributed by atoms with Crippen LogP contribution in [-0.2, 0) is 6.54 Å². The minimum Gasteiger partial charge on any atom is -0.370 e. The molecule has 1 aliphatic heterocycles. The summed E-state index contributed by atoms with van der Waals surface area (Å²) in [6.45, 7) is 4.24. The van der Waals surface area contributed by atoms with Gasteiger partial charge < -0.3 is 5.32 Å². The quantitative estimate of drug-likeness (QED) is 0.789. The predicted octanol–water partition coefficient (Wildman–Crippen LogP) is 2.01. The molecule has 0 radical (unpaired) electrons. The maximum atomic E-state index is 4.59. The summed E-state index contributed by atoms with van der Waals surface area (Å²) in [7, 11) is 0. The van der Waals surface area contributed by atoms with E-state index in [9.17, 15) is 0 Å². The van der Waals surface area contributed by atoms with Crippen LogP contribution in [0.25, 0.3) is 11.3 Å². The third kappa shape index (κ3) is 1.56. The SMILES string of the molecule is CC1CNc2cc(-c3cccnc3)nn2C1. The van der Waals surface area contributed by atoms with Crippen LogP contribution in [-0.4, -0.2) is 21.3 Å². The van der Waals surface area contributed by atoms with Crippen molar-refractivity contribution in [3.63, 3.8) is 0 Å². The van der Waals surface area contributed by atoms with Gasteiger partial charge in [-0.25, -0.2) is 4.68 Å². The zero-order valence-electron chi connectivity index (χ0n) is 9.22. The highest BCUT2D eigenvalue weighted by Gasteiger charge is 2.16. The fourth-order valence-corrected chi connectivity index (χ4v) is 1.99. The monoisotopic (exact) mass is 214 g/mol. The average molecular weight is 214 g/mol. The molecule has 4 nitrogen and oxygen atoms in total. The van der Waals surface area contributed by atoms with E-state index in [1.807, 2.05) is 23.0 Å². The molecule has 1 unspecified atom stereocenters. The van der Waals surface area contributed by atoms with Gasteiger partial charge in [0, 0.05) is 37.1 Å². The van der Waals surface area contributed by atoms with Gasteiger partial charge in [0.25, 0.3) is 0 Å². The normalized spacial score (nSPS) is 18.9. The molecule has 0 fully saturated rings. The van der Waals surface area contributed by atoms with Crippen molar-refractivity contribution in [3.8, 4) is 11.3 Å². The van der Waals surface area contributed by atoms with Crippen molar-refractivity contribution in [1.82, 2.24) is 14.8 Å². The Morgan fingerprint density at radius 1 is 1.50 bits per heavy atom. The second-order valence-corrected chi connectivity index (χ2v) is 4.32. The highest BCUT2D eigenvalue weighted by Crippen LogP contribution is 2.24.